The number of benzene rings is 2. The van der Waals surface area contributed by atoms with Gasteiger partial charge >= 0.3 is 0 Å². The molecule has 8 heteroatoms. The van der Waals surface area contributed by atoms with Crippen LogP contribution in [0.2, 0.25) is 0 Å². The number of ether oxygens (including phenoxy) is 5. The largest absolute Gasteiger partial charge is 0.495 e. The highest BCUT2D eigenvalue weighted by molar-refractivity contribution is 5.86. The quantitative estimate of drug-likeness (QED) is 0.571. The van der Waals surface area contributed by atoms with Crippen molar-refractivity contribution in [2.45, 2.75) is 31.5 Å². The first-order valence-corrected chi connectivity index (χ1v) is 10.6. The second-order valence-corrected chi connectivity index (χ2v) is 7.81. The van der Waals surface area contributed by atoms with Crippen LogP contribution < -0.4 is 24.3 Å². The number of nitrogens with one attached hydrogen (secondary N) is 1. The third-order valence-electron chi connectivity index (χ3n) is 5.72. The Balaban J connectivity index is 0.00000245. The van der Waals surface area contributed by atoms with Crippen molar-refractivity contribution in [2.75, 3.05) is 27.1 Å². The average Bonchev–Trinajstić information content (AvgIpc) is 3.29. The van der Waals surface area contributed by atoms with Gasteiger partial charge in [-0.15, -0.1) is 12.4 Å². The maximum atomic E-state index is 6.10. The van der Waals surface area contributed by atoms with Gasteiger partial charge in [0.15, 0.2) is 11.5 Å². The molecule has 1 N–H and O–H groups in total. The standard InChI is InChI=1S/C24H26N2O5.ClH/c1-27-19-10-20-21(26-12-19)3-2-4-22(20)29-14-18-7-6-17(13-28-18)25-11-16-5-8-23-24(9-16)31-15-30-23;/h2-5,8-10,12,17-18,25H,6-7,11,13-15H2,1H3;1H/t17-,18+;/m1./s1. The van der Waals surface area contributed by atoms with Gasteiger partial charge in [-0.25, -0.2) is 0 Å². The number of fused-ring (bicyclic) bond motifs is 2. The number of nitrogens with zero attached hydrogens (tertiary/aromatic N) is 1. The molecule has 2 aromatic carbocycles. The summed E-state index contributed by atoms with van der Waals surface area (Å²) in [6, 6.07) is 14.2. The molecule has 0 aliphatic carbocycles. The van der Waals surface area contributed by atoms with Crippen LogP contribution in [0.4, 0.5) is 0 Å². The normalized spacial score (nSPS) is 19.4. The average molecular weight is 459 g/mol. The number of hydrogen-bond donors (Lipinski definition) is 1. The minimum absolute atomic E-state index is 0. The Bertz CT molecular complexity index is 1060. The smallest absolute Gasteiger partial charge is 0.231 e. The van der Waals surface area contributed by atoms with E-state index in [0.717, 1.165) is 47.5 Å². The predicted octanol–water partition coefficient (Wildman–Crippen LogP) is 4.11. The number of halogens is 1. The summed E-state index contributed by atoms with van der Waals surface area (Å²) < 4.78 is 28.3. The lowest BCUT2D eigenvalue weighted by Crippen LogP contribution is -2.41. The second-order valence-electron chi connectivity index (χ2n) is 7.81. The van der Waals surface area contributed by atoms with Crippen LogP contribution in [0.1, 0.15) is 18.4 Å². The zero-order chi connectivity index (χ0) is 21.0. The Labute approximate surface area is 193 Å². The molecule has 0 bridgehead atoms. The van der Waals surface area contributed by atoms with Crippen LogP contribution in [0.15, 0.2) is 48.7 Å². The van der Waals surface area contributed by atoms with Crippen molar-refractivity contribution in [1.82, 2.24) is 10.3 Å². The molecular formula is C24H27ClN2O5. The molecule has 0 spiro atoms. The van der Waals surface area contributed by atoms with E-state index >= 15 is 0 Å². The minimum atomic E-state index is 0. The fourth-order valence-corrected chi connectivity index (χ4v) is 3.93. The van der Waals surface area contributed by atoms with Gasteiger partial charge in [-0.1, -0.05) is 12.1 Å². The fourth-order valence-electron chi connectivity index (χ4n) is 3.93. The number of rotatable bonds is 7. The van der Waals surface area contributed by atoms with Crippen LogP contribution in [0.5, 0.6) is 23.0 Å². The van der Waals surface area contributed by atoms with E-state index in [0.29, 0.717) is 31.8 Å². The third kappa shape index (κ3) is 5.01. The van der Waals surface area contributed by atoms with Gasteiger partial charge in [0.25, 0.3) is 0 Å². The summed E-state index contributed by atoms with van der Waals surface area (Å²) >= 11 is 0. The van der Waals surface area contributed by atoms with E-state index in [4.69, 9.17) is 23.7 Å². The minimum Gasteiger partial charge on any atom is -0.495 e. The molecule has 2 aliphatic heterocycles. The van der Waals surface area contributed by atoms with Crippen molar-refractivity contribution in [3.05, 3.63) is 54.2 Å². The van der Waals surface area contributed by atoms with E-state index in [-0.39, 0.29) is 18.5 Å². The van der Waals surface area contributed by atoms with Crippen LogP contribution in [-0.2, 0) is 11.3 Å². The van der Waals surface area contributed by atoms with Crippen molar-refractivity contribution >= 4 is 23.3 Å². The molecule has 2 aliphatic rings. The molecule has 7 nitrogen and oxygen atoms in total. The van der Waals surface area contributed by atoms with Gasteiger partial charge in [0.1, 0.15) is 18.1 Å². The summed E-state index contributed by atoms with van der Waals surface area (Å²) in [6.07, 6.45) is 3.79. The van der Waals surface area contributed by atoms with E-state index in [1.165, 1.54) is 5.56 Å². The molecule has 0 radical (unpaired) electrons. The molecule has 32 heavy (non-hydrogen) atoms. The highest BCUT2D eigenvalue weighted by Crippen LogP contribution is 2.32. The van der Waals surface area contributed by atoms with Crippen molar-refractivity contribution in [3.8, 4) is 23.0 Å². The van der Waals surface area contributed by atoms with Crippen molar-refractivity contribution in [3.63, 3.8) is 0 Å². The van der Waals surface area contributed by atoms with Crippen LogP contribution in [0.3, 0.4) is 0 Å². The summed E-state index contributed by atoms with van der Waals surface area (Å²) in [4.78, 5) is 4.42. The Morgan fingerprint density at radius 3 is 2.84 bits per heavy atom. The maximum Gasteiger partial charge on any atom is 0.231 e. The van der Waals surface area contributed by atoms with Gasteiger partial charge < -0.3 is 29.0 Å². The number of aromatic nitrogens is 1. The van der Waals surface area contributed by atoms with Crippen LogP contribution in [0, 0.1) is 0 Å². The monoisotopic (exact) mass is 458 g/mol. The Hall–Kier alpha value is -2.74. The number of hydrogen-bond acceptors (Lipinski definition) is 7. The Morgan fingerprint density at radius 2 is 2.00 bits per heavy atom. The molecular weight excluding hydrogens is 432 g/mol. The lowest BCUT2D eigenvalue weighted by molar-refractivity contribution is -0.0261. The highest BCUT2D eigenvalue weighted by Gasteiger charge is 2.22. The van der Waals surface area contributed by atoms with E-state index < -0.39 is 0 Å². The van der Waals surface area contributed by atoms with E-state index in [2.05, 4.69) is 16.4 Å². The summed E-state index contributed by atoms with van der Waals surface area (Å²) in [5.41, 5.74) is 2.06. The zero-order valence-electron chi connectivity index (χ0n) is 17.9. The summed E-state index contributed by atoms with van der Waals surface area (Å²) in [7, 11) is 1.64. The van der Waals surface area contributed by atoms with Gasteiger partial charge in [-0.05, 0) is 48.7 Å². The SMILES string of the molecule is COc1cnc2cccc(OC[C@@H]3CC[C@@H](NCc4ccc5c(c4)OCO5)CO3)c2c1.Cl. The molecule has 0 amide bonds. The van der Waals surface area contributed by atoms with Crippen LogP contribution in [0.25, 0.3) is 10.9 Å². The molecule has 170 valence electrons. The van der Waals surface area contributed by atoms with E-state index in [1.807, 2.05) is 36.4 Å². The highest BCUT2D eigenvalue weighted by atomic mass is 35.5. The van der Waals surface area contributed by atoms with E-state index in [9.17, 15) is 0 Å². The summed E-state index contributed by atoms with van der Waals surface area (Å²) in [5.74, 6) is 3.15. The molecule has 0 saturated carbocycles. The van der Waals surface area contributed by atoms with Gasteiger partial charge in [-0.2, -0.15) is 0 Å². The molecule has 0 unspecified atom stereocenters. The van der Waals surface area contributed by atoms with Crippen LogP contribution >= 0.6 is 12.4 Å². The fraction of sp³-hybridized carbons (Fsp3) is 0.375. The molecule has 3 heterocycles. The lowest BCUT2D eigenvalue weighted by atomic mass is 10.0. The molecule has 2 atom stereocenters. The van der Waals surface area contributed by atoms with Gasteiger partial charge in [-0.3, -0.25) is 4.98 Å². The first kappa shape index (κ1) is 22.5. The maximum absolute atomic E-state index is 6.10. The van der Waals surface area contributed by atoms with E-state index in [1.54, 1.807) is 13.3 Å². The van der Waals surface area contributed by atoms with Gasteiger partial charge in [0.2, 0.25) is 6.79 Å². The Morgan fingerprint density at radius 1 is 1.09 bits per heavy atom. The van der Waals surface area contributed by atoms with Crippen molar-refractivity contribution in [1.29, 1.82) is 0 Å². The van der Waals surface area contributed by atoms with Crippen LogP contribution in [-0.4, -0.2) is 44.2 Å². The molecule has 5 rings (SSSR count). The number of pyridine rings is 1. The lowest BCUT2D eigenvalue weighted by Gasteiger charge is -2.29. The molecule has 1 fully saturated rings. The topological polar surface area (TPSA) is 71.1 Å². The predicted molar refractivity (Wildman–Crippen MR) is 123 cm³/mol. The molecule has 1 saturated heterocycles. The van der Waals surface area contributed by atoms with Gasteiger partial charge in [0, 0.05) is 18.0 Å². The number of methoxy groups -OCH3 is 1. The van der Waals surface area contributed by atoms with Gasteiger partial charge in [0.05, 0.1) is 31.5 Å². The Kier molecular flexibility index (Phi) is 7.19. The summed E-state index contributed by atoms with van der Waals surface area (Å²) in [6.45, 7) is 2.26. The molecule has 1 aromatic heterocycles. The van der Waals surface area contributed by atoms with Crippen molar-refractivity contribution in [2.24, 2.45) is 0 Å². The zero-order valence-corrected chi connectivity index (χ0v) is 18.7. The first-order chi connectivity index (χ1) is 15.3. The first-order valence-electron chi connectivity index (χ1n) is 10.6. The third-order valence-corrected chi connectivity index (χ3v) is 5.72. The van der Waals surface area contributed by atoms with Crippen molar-refractivity contribution < 1.29 is 23.7 Å². The molecule has 3 aromatic rings. The second kappa shape index (κ2) is 10.3. The summed E-state index contributed by atoms with van der Waals surface area (Å²) in [5, 5.41) is 4.52.